The van der Waals surface area contributed by atoms with Gasteiger partial charge in [-0.25, -0.2) is 0 Å². The third-order valence-electron chi connectivity index (χ3n) is 5.79. The largest absolute Gasteiger partial charge is 0.318 e. The van der Waals surface area contributed by atoms with Crippen molar-refractivity contribution in [3.05, 3.63) is 0 Å². The summed E-state index contributed by atoms with van der Waals surface area (Å²) in [5.41, 5.74) is 1.97. The van der Waals surface area contributed by atoms with Crippen LogP contribution in [-0.4, -0.2) is 26.7 Å². The van der Waals surface area contributed by atoms with Crippen LogP contribution in [0.5, 0.6) is 0 Å². The molecule has 4 rings (SSSR count). The van der Waals surface area contributed by atoms with Crippen molar-refractivity contribution in [2.45, 2.75) is 52.4 Å². The minimum Gasteiger partial charge on any atom is -0.318 e. The summed E-state index contributed by atoms with van der Waals surface area (Å²) in [5, 5.41) is 6.94. The molecule has 0 spiro atoms. The van der Waals surface area contributed by atoms with Gasteiger partial charge in [-0.2, -0.15) is 0 Å². The Morgan fingerprint density at radius 3 is 2.17 bits per heavy atom. The standard InChI is InChI=1S/C16H30N2/c1-14-6-13-7-15(2,9-14)11-16(8-13,10-14)12-18-5-4-17-3/h13,17-18H,4-12H2,1-3H3. The fourth-order valence-corrected chi connectivity index (χ4v) is 6.45. The van der Waals surface area contributed by atoms with E-state index in [-0.39, 0.29) is 0 Å². The van der Waals surface area contributed by atoms with Gasteiger partial charge >= 0.3 is 0 Å². The van der Waals surface area contributed by atoms with Crippen molar-refractivity contribution in [2.75, 3.05) is 26.7 Å². The Labute approximate surface area is 112 Å². The summed E-state index contributed by atoms with van der Waals surface area (Å²) in [6.07, 6.45) is 9.00. The second kappa shape index (κ2) is 4.21. The van der Waals surface area contributed by atoms with Crippen molar-refractivity contribution in [3.63, 3.8) is 0 Å². The van der Waals surface area contributed by atoms with Crippen molar-refractivity contribution in [1.82, 2.24) is 10.6 Å². The molecule has 4 fully saturated rings. The molecule has 4 saturated carbocycles. The van der Waals surface area contributed by atoms with Gasteiger partial charge in [0.2, 0.25) is 0 Å². The second-order valence-electron chi connectivity index (χ2n) is 8.41. The Bertz CT molecular complexity index is 307. The van der Waals surface area contributed by atoms with E-state index in [1.807, 2.05) is 7.05 Å². The zero-order valence-corrected chi connectivity index (χ0v) is 12.4. The van der Waals surface area contributed by atoms with E-state index in [0.29, 0.717) is 16.2 Å². The van der Waals surface area contributed by atoms with Gasteiger partial charge in [-0.1, -0.05) is 13.8 Å². The molecule has 0 aromatic heterocycles. The van der Waals surface area contributed by atoms with Gasteiger partial charge in [0.1, 0.15) is 0 Å². The smallest absolute Gasteiger partial charge is 0.00768 e. The van der Waals surface area contributed by atoms with E-state index in [4.69, 9.17) is 0 Å². The Morgan fingerprint density at radius 2 is 1.61 bits per heavy atom. The molecule has 0 aromatic carbocycles. The van der Waals surface area contributed by atoms with Crippen LogP contribution in [0.4, 0.5) is 0 Å². The van der Waals surface area contributed by atoms with E-state index in [1.54, 1.807) is 0 Å². The summed E-state index contributed by atoms with van der Waals surface area (Å²) in [5.74, 6) is 1.03. The molecule has 0 aliphatic heterocycles. The molecule has 2 heteroatoms. The highest BCUT2D eigenvalue weighted by atomic mass is 14.9. The molecule has 0 radical (unpaired) electrons. The molecule has 0 amide bonds. The van der Waals surface area contributed by atoms with E-state index in [2.05, 4.69) is 24.5 Å². The van der Waals surface area contributed by atoms with Crippen LogP contribution >= 0.6 is 0 Å². The van der Waals surface area contributed by atoms with Gasteiger partial charge in [0.05, 0.1) is 0 Å². The van der Waals surface area contributed by atoms with E-state index < -0.39 is 0 Å². The van der Waals surface area contributed by atoms with E-state index in [1.165, 1.54) is 45.1 Å². The van der Waals surface area contributed by atoms with Crippen LogP contribution in [0.2, 0.25) is 0 Å². The number of rotatable bonds is 5. The average molecular weight is 250 g/mol. The topological polar surface area (TPSA) is 24.1 Å². The van der Waals surface area contributed by atoms with Crippen LogP contribution in [0.15, 0.2) is 0 Å². The lowest BCUT2D eigenvalue weighted by atomic mass is 9.40. The Morgan fingerprint density at radius 1 is 0.944 bits per heavy atom. The van der Waals surface area contributed by atoms with Gasteiger partial charge in [0.15, 0.2) is 0 Å². The second-order valence-corrected chi connectivity index (χ2v) is 8.41. The highest BCUT2D eigenvalue weighted by Crippen LogP contribution is 2.69. The Kier molecular flexibility index (Phi) is 3.02. The van der Waals surface area contributed by atoms with Crippen LogP contribution in [0.3, 0.4) is 0 Å². The zero-order valence-electron chi connectivity index (χ0n) is 12.4. The van der Waals surface area contributed by atoms with Crippen LogP contribution in [0.25, 0.3) is 0 Å². The van der Waals surface area contributed by atoms with Crippen molar-refractivity contribution < 1.29 is 0 Å². The predicted octanol–water partition coefficient (Wildman–Crippen LogP) is 2.79. The fourth-order valence-electron chi connectivity index (χ4n) is 6.45. The van der Waals surface area contributed by atoms with E-state index in [9.17, 15) is 0 Å². The molecule has 104 valence electrons. The van der Waals surface area contributed by atoms with Gasteiger partial charge in [-0.15, -0.1) is 0 Å². The van der Waals surface area contributed by atoms with E-state index in [0.717, 1.165) is 19.0 Å². The monoisotopic (exact) mass is 250 g/mol. The van der Waals surface area contributed by atoms with Crippen LogP contribution < -0.4 is 10.6 Å². The summed E-state index contributed by atoms with van der Waals surface area (Å²) < 4.78 is 0. The maximum atomic E-state index is 3.72. The number of nitrogens with one attached hydrogen (secondary N) is 2. The summed E-state index contributed by atoms with van der Waals surface area (Å²) in [6.45, 7) is 8.61. The van der Waals surface area contributed by atoms with Crippen molar-refractivity contribution in [2.24, 2.45) is 22.2 Å². The van der Waals surface area contributed by atoms with Gasteiger partial charge in [-0.05, 0) is 67.7 Å². The van der Waals surface area contributed by atoms with Crippen molar-refractivity contribution in [3.8, 4) is 0 Å². The first-order chi connectivity index (χ1) is 8.47. The molecule has 4 aliphatic carbocycles. The lowest BCUT2D eigenvalue weighted by Crippen LogP contribution is -2.57. The molecule has 2 unspecified atom stereocenters. The quantitative estimate of drug-likeness (QED) is 0.733. The number of hydrogen-bond acceptors (Lipinski definition) is 2. The normalized spacial score (nSPS) is 49.8. The molecule has 2 atom stereocenters. The maximum Gasteiger partial charge on any atom is 0.00768 e. The van der Waals surface area contributed by atoms with Gasteiger partial charge in [0, 0.05) is 19.6 Å². The molecule has 4 bridgehead atoms. The minimum atomic E-state index is 0.636. The molecule has 18 heavy (non-hydrogen) atoms. The minimum absolute atomic E-state index is 0.636. The highest BCUT2D eigenvalue weighted by Gasteiger charge is 2.59. The fraction of sp³-hybridized carbons (Fsp3) is 1.00. The molecule has 4 aliphatic rings. The molecular weight excluding hydrogens is 220 g/mol. The number of hydrogen-bond donors (Lipinski definition) is 2. The lowest BCUT2D eigenvalue weighted by molar-refractivity contribution is -0.143. The maximum absolute atomic E-state index is 3.72. The Balaban J connectivity index is 1.69. The van der Waals surface area contributed by atoms with Crippen molar-refractivity contribution >= 4 is 0 Å². The summed E-state index contributed by atoms with van der Waals surface area (Å²) in [6, 6.07) is 0. The third kappa shape index (κ3) is 2.22. The lowest BCUT2D eigenvalue weighted by Gasteiger charge is -2.65. The van der Waals surface area contributed by atoms with Crippen LogP contribution in [0, 0.1) is 22.2 Å². The first kappa shape index (κ1) is 12.9. The molecular formula is C16H30N2. The summed E-state index contributed by atoms with van der Waals surface area (Å²) >= 11 is 0. The molecule has 0 heterocycles. The molecule has 0 saturated heterocycles. The average Bonchev–Trinajstić information content (AvgIpc) is 2.19. The molecule has 2 N–H and O–H groups in total. The van der Waals surface area contributed by atoms with Gasteiger partial charge < -0.3 is 10.6 Å². The molecule has 2 nitrogen and oxygen atoms in total. The first-order valence-corrected chi connectivity index (χ1v) is 7.82. The summed E-state index contributed by atoms with van der Waals surface area (Å²) in [4.78, 5) is 0. The van der Waals surface area contributed by atoms with E-state index >= 15 is 0 Å². The SMILES string of the molecule is CNCCNCC12CC3CC(C)(CC(C)(C3)C1)C2. The molecule has 0 aromatic rings. The van der Waals surface area contributed by atoms with Crippen molar-refractivity contribution in [1.29, 1.82) is 0 Å². The number of likely N-dealkylation sites (N-methyl/N-ethyl adjacent to an activating group) is 1. The van der Waals surface area contributed by atoms with Crippen LogP contribution in [-0.2, 0) is 0 Å². The summed E-state index contributed by atoms with van der Waals surface area (Å²) in [7, 11) is 2.04. The predicted molar refractivity (Wildman–Crippen MR) is 76.6 cm³/mol. The van der Waals surface area contributed by atoms with Gasteiger partial charge in [-0.3, -0.25) is 0 Å². The Hall–Kier alpha value is -0.0800. The zero-order chi connectivity index (χ0) is 12.9. The first-order valence-electron chi connectivity index (χ1n) is 7.82. The highest BCUT2D eigenvalue weighted by molar-refractivity contribution is 5.10. The third-order valence-corrected chi connectivity index (χ3v) is 5.79. The van der Waals surface area contributed by atoms with Crippen LogP contribution in [0.1, 0.15) is 52.4 Å². The van der Waals surface area contributed by atoms with Gasteiger partial charge in [0.25, 0.3) is 0 Å².